The first-order chi connectivity index (χ1) is 8.38. The van der Waals surface area contributed by atoms with E-state index in [9.17, 15) is 13.5 Å². The van der Waals surface area contributed by atoms with Gasteiger partial charge in [-0.15, -0.1) is 11.3 Å². The molecule has 2 unspecified atom stereocenters. The molecule has 2 rings (SSSR count). The van der Waals surface area contributed by atoms with Gasteiger partial charge in [0, 0.05) is 6.54 Å². The van der Waals surface area contributed by atoms with Gasteiger partial charge in [-0.05, 0) is 63.1 Å². The normalized spacial score (nSPS) is 24.6. The summed E-state index contributed by atoms with van der Waals surface area (Å²) >= 11 is 7.84. The third-order valence-corrected chi connectivity index (χ3v) is 7.17. The minimum Gasteiger partial charge on any atom is -0.393 e. The molecule has 1 fully saturated rings. The van der Waals surface area contributed by atoms with Crippen molar-refractivity contribution in [1.29, 1.82) is 0 Å². The van der Waals surface area contributed by atoms with Crippen molar-refractivity contribution in [1.82, 2.24) is 4.72 Å². The maximum Gasteiger partial charge on any atom is 0.242 e. The van der Waals surface area contributed by atoms with Crippen molar-refractivity contribution >= 4 is 53.2 Å². The number of aliphatic hydroxyl groups is 1. The van der Waals surface area contributed by atoms with E-state index in [1.54, 1.807) is 6.07 Å². The molecule has 1 saturated carbocycles. The van der Waals surface area contributed by atoms with Crippen molar-refractivity contribution < 1.29 is 13.5 Å². The standard InChI is InChI=1S/C10H13Br2NO3S2/c11-9-4-8(10(12)17-9)18(15,16)13-5-6-1-2-7(14)3-6/h4,6-7,13-14H,1-3,5H2. The van der Waals surface area contributed by atoms with Gasteiger partial charge >= 0.3 is 0 Å². The minimum atomic E-state index is -3.47. The zero-order chi connectivity index (χ0) is 13.3. The Morgan fingerprint density at radius 2 is 2.17 bits per heavy atom. The van der Waals surface area contributed by atoms with Crippen LogP contribution < -0.4 is 4.72 Å². The Kier molecular flexibility index (Phi) is 4.88. The fraction of sp³-hybridized carbons (Fsp3) is 0.600. The van der Waals surface area contributed by atoms with E-state index in [1.807, 2.05) is 0 Å². The molecule has 4 nitrogen and oxygen atoms in total. The zero-order valence-corrected chi connectivity index (χ0v) is 14.2. The van der Waals surface area contributed by atoms with Crippen molar-refractivity contribution in [2.45, 2.75) is 30.3 Å². The Morgan fingerprint density at radius 1 is 1.44 bits per heavy atom. The van der Waals surface area contributed by atoms with E-state index in [4.69, 9.17) is 0 Å². The molecule has 1 aromatic heterocycles. The Labute approximate surface area is 127 Å². The summed E-state index contributed by atoms with van der Waals surface area (Å²) in [6.45, 7) is 0.388. The van der Waals surface area contributed by atoms with Crippen LogP contribution in [0.3, 0.4) is 0 Å². The summed E-state index contributed by atoms with van der Waals surface area (Å²) in [4.78, 5) is 0.262. The van der Waals surface area contributed by atoms with E-state index >= 15 is 0 Å². The highest BCUT2D eigenvalue weighted by Gasteiger charge is 2.26. The van der Waals surface area contributed by atoms with Crippen LogP contribution in [0.2, 0.25) is 0 Å². The summed E-state index contributed by atoms with van der Waals surface area (Å²) in [6, 6.07) is 1.58. The number of rotatable bonds is 4. The Bertz CT molecular complexity index is 529. The largest absolute Gasteiger partial charge is 0.393 e. The van der Waals surface area contributed by atoms with Gasteiger partial charge in [0.15, 0.2) is 0 Å². The molecule has 1 heterocycles. The summed E-state index contributed by atoms with van der Waals surface area (Å²) in [5, 5.41) is 9.40. The van der Waals surface area contributed by atoms with Crippen molar-refractivity contribution in [2.75, 3.05) is 6.54 Å². The maximum atomic E-state index is 12.1. The first-order valence-electron chi connectivity index (χ1n) is 5.51. The summed E-state index contributed by atoms with van der Waals surface area (Å²) in [6.07, 6.45) is 2.04. The second-order valence-corrected chi connectivity index (χ2v) is 9.86. The second-order valence-electron chi connectivity index (χ2n) is 4.37. The highest BCUT2D eigenvalue weighted by molar-refractivity contribution is 9.12. The molecule has 102 valence electrons. The lowest BCUT2D eigenvalue weighted by atomic mass is 10.1. The molecule has 2 N–H and O–H groups in total. The van der Waals surface area contributed by atoms with E-state index in [1.165, 1.54) is 11.3 Å². The number of aliphatic hydroxyl groups excluding tert-OH is 1. The van der Waals surface area contributed by atoms with Crippen molar-refractivity contribution in [3.05, 3.63) is 13.6 Å². The number of hydrogen-bond acceptors (Lipinski definition) is 4. The first kappa shape index (κ1) is 14.9. The minimum absolute atomic E-state index is 0.232. The summed E-state index contributed by atoms with van der Waals surface area (Å²) < 4.78 is 28.1. The fourth-order valence-electron chi connectivity index (χ4n) is 2.05. The van der Waals surface area contributed by atoms with Crippen LogP contribution >= 0.6 is 43.2 Å². The molecule has 0 spiro atoms. The SMILES string of the molecule is O=S(=O)(NCC1CCC(O)C1)c1cc(Br)sc1Br. The molecule has 2 atom stereocenters. The van der Waals surface area contributed by atoms with Gasteiger partial charge in [-0.2, -0.15) is 0 Å². The van der Waals surface area contributed by atoms with E-state index in [0.717, 1.165) is 16.6 Å². The average Bonchev–Trinajstić information content (AvgIpc) is 2.82. The van der Waals surface area contributed by atoms with Gasteiger partial charge in [0.25, 0.3) is 0 Å². The molecule has 0 saturated heterocycles. The Balaban J connectivity index is 2.02. The summed E-state index contributed by atoms with van der Waals surface area (Å²) in [7, 11) is -3.47. The van der Waals surface area contributed by atoms with E-state index in [2.05, 4.69) is 36.6 Å². The topological polar surface area (TPSA) is 66.4 Å². The summed E-state index contributed by atoms with van der Waals surface area (Å²) in [5.74, 6) is 0.232. The second kappa shape index (κ2) is 5.88. The lowest BCUT2D eigenvalue weighted by Gasteiger charge is -2.10. The van der Waals surface area contributed by atoms with E-state index < -0.39 is 10.0 Å². The zero-order valence-electron chi connectivity index (χ0n) is 9.40. The van der Waals surface area contributed by atoms with Crippen molar-refractivity contribution in [3.63, 3.8) is 0 Å². The lowest BCUT2D eigenvalue weighted by Crippen LogP contribution is -2.28. The summed E-state index contributed by atoms with van der Waals surface area (Å²) in [5.41, 5.74) is 0. The van der Waals surface area contributed by atoms with E-state index in [-0.39, 0.29) is 16.9 Å². The molecule has 0 amide bonds. The van der Waals surface area contributed by atoms with Gasteiger partial charge in [0.1, 0.15) is 4.90 Å². The van der Waals surface area contributed by atoms with Gasteiger partial charge < -0.3 is 5.11 Å². The van der Waals surface area contributed by atoms with Crippen LogP contribution in [0.25, 0.3) is 0 Å². The third kappa shape index (κ3) is 3.55. The molecule has 8 heteroatoms. The van der Waals surface area contributed by atoms with Crippen molar-refractivity contribution in [3.8, 4) is 0 Å². The number of nitrogens with one attached hydrogen (secondary N) is 1. The van der Waals surface area contributed by atoms with E-state index in [0.29, 0.717) is 16.8 Å². The van der Waals surface area contributed by atoms with Gasteiger partial charge in [-0.3, -0.25) is 0 Å². The van der Waals surface area contributed by atoms with Gasteiger partial charge in [0.2, 0.25) is 10.0 Å². The molecular formula is C10H13Br2NO3S2. The fourth-order valence-corrected chi connectivity index (χ4v) is 6.97. The first-order valence-corrected chi connectivity index (χ1v) is 9.39. The quantitative estimate of drug-likeness (QED) is 0.789. The van der Waals surface area contributed by atoms with Crippen LogP contribution in [0.5, 0.6) is 0 Å². The predicted octanol–water partition coefficient (Wildman–Crippen LogP) is 2.71. The van der Waals surface area contributed by atoms with Crippen LogP contribution in [0.15, 0.2) is 18.5 Å². The molecule has 0 aromatic carbocycles. The third-order valence-electron chi connectivity index (χ3n) is 2.99. The molecule has 18 heavy (non-hydrogen) atoms. The number of sulfonamides is 1. The Morgan fingerprint density at radius 3 is 2.67 bits per heavy atom. The molecule has 0 bridgehead atoms. The molecule has 0 radical (unpaired) electrons. The van der Waals surface area contributed by atoms with Gasteiger partial charge in [-0.25, -0.2) is 13.1 Å². The van der Waals surface area contributed by atoms with Crippen LogP contribution in [0.4, 0.5) is 0 Å². The van der Waals surface area contributed by atoms with Gasteiger partial charge in [0.05, 0.1) is 13.7 Å². The number of thiophene rings is 1. The lowest BCUT2D eigenvalue weighted by molar-refractivity contribution is 0.178. The van der Waals surface area contributed by atoms with Crippen LogP contribution in [0, 0.1) is 5.92 Å². The van der Waals surface area contributed by atoms with Gasteiger partial charge in [-0.1, -0.05) is 0 Å². The van der Waals surface area contributed by atoms with Crippen LogP contribution in [-0.2, 0) is 10.0 Å². The predicted molar refractivity (Wildman–Crippen MR) is 78.3 cm³/mol. The average molecular weight is 419 g/mol. The number of halogens is 2. The molecule has 1 aromatic rings. The number of hydrogen-bond donors (Lipinski definition) is 2. The highest BCUT2D eigenvalue weighted by atomic mass is 79.9. The smallest absolute Gasteiger partial charge is 0.242 e. The molecular weight excluding hydrogens is 406 g/mol. The molecule has 0 aliphatic heterocycles. The Hall–Kier alpha value is 0.530. The van der Waals surface area contributed by atoms with Crippen molar-refractivity contribution in [2.24, 2.45) is 5.92 Å². The monoisotopic (exact) mass is 417 g/mol. The van der Waals surface area contributed by atoms with Crippen LogP contribution in [0.1, 0.15) is 19.3 Å². The highest BCUT2D eigenvalue weighted by Crippen LogP contribution is 2.35. The molecule has 1 aliphatic rings. The molecule has 1 aliphatic carbocycles. The van der Waals surface area contributed by atoms with Crippen LogP contribution in [-0.4, -0.2) is 26.2 Å². The maximum absolute atomic E-state index is 12.1.